The van der Waals surface area contributed by atoms with E-state index < -0.39 is 0 Å². The fraction of sp³-hybridized carbons (Fsp3) is 0.357. The third-order valence-corrected chi connectivity index (χ3v) is 4.43. The molecule has 0 aliphatic carbocycles. The van der Waals surface area contributed by atoms with Gasteiger partial charge in [-0.15, -0.1) is 10.2 Å². The van der Waals surface area contributed by atoms with E-state index in [0.717, 1.165) is 19.6 Å². The minimum absolute atomic E-state index is 0.0747. The monoisotopic (exact) mass is 322 g/mol. The number of hydrogen-bond donors (Lipinski definition) is 0. The van der Waals surface area contributed by atoms with Crippen molar-refractivity contribution in [2.75, 3.05) is 26.2 Å². The van der Waals surface area contributed by atoms with Crippen LogP contribution in [0.15, 0.2) is 29.0 Å². The van der Waals surface area contributed by atoms with Gasteiger partial charge in [0.25, 0.3) is 5.91 Å². The molecule has 2 aromatic heterocycles. The maximum Gasteiger partial charge on any atom is 0.274 e. The minimum atomic E-state index is -0.0747. The molecular weight excluding hydrogens is 308 g/mol. The number of rotatable bonds is 3. The molecule has 0 bridgehead atoms. The van der Waals surface area contributed by atoms with Crippen LogP contribution in [0, 0.1) is 0 Å². The SMILES string of the molecule is O=C(c1ccc(Cl)nn1)N1CCN(Cc2ccsc2)CC1. The van der Waals surface area contributed by atoms with Crippen LogP contribution in [0.25, 0.3) is 0 Å². The van der Waals surface area contributed by atoms with Gasteiger partial charge in [-0.2, -0.15) is 11.3 Å². The molecule has 21 heavy (non-hydrogen) atoms. The number of thiophene rings is 1. The lowest BCUT2D eigenvalue weighted by molar-refractivity contribution is 0.0621. The number of carbonyl (C=O) groups is 1. The summed E-state index contributed by atoms with van der Waals surface area (Å²) < 4.78 is 0. The average Bonchev–Trinajstić information content (AvgIpc) is 3.01. The predicted octanol–water partition coefficient (Wildman–Crippen LogP) is 2.15. The molecule has 2 aromatic rings. The van der Waals surface area contributed by atoms with Gasteiger partial charge in [0.15, 0.2) is 10.8 Å². The highest BCUT2D eigenvalue weighted by atomic mass is 35.5. The van der Waals surface area contributed by atoms with E-state index >= 15 is 0 Å². The Bertz CT molecular complexity index is 594. The molecule has 0 atom stereocenters. The molecule has 110 valence electrons. The molecule has 0 N–H and O–H groups in total. The second-order valence-corrected chi connectivity index (χ2v) is 6.11. The molecular formula is C14H15ClN4OS. The lowest BCUT2D eigenvalue weighted by Gasteiger charge is -2.34. The van der Waals surface area contributed by atoms with Gasteiger partial charge in [0.1, 0.15) is 0 Å². The second kappa shape index (κ2) is 6.51. The summed E-state index contributed by atoms with van der Waals surface area (Å²) in [7, 11) is 0. The van der Waals surface area contributed by atoms with Gasteiger partial charge in [-0.1, -0.05) is 11.6 Å². The summed E-state index contributed by atoms with van der Waals surface area (Å²) in [5.41, 5.74) is 1.69. The molecule has 1 aliphatic rings. The fourth-order valence-electron chi connectivity index (χ4n) is 2.34. The number of amides is 1. The van der Waals surface area contributed by atoms with E-state index in [2.05, 4.69) is 31.9 Å². The van der Waals surface area contributed by atoms with E-state index in [-0.39, 0.29) is 5.91 Å². The number of carbonyl (C=O) groups excluding carboxylic acids is 1. The quantitative estimate of drug-likeness (QED) is 0.869. The second-order valence-electron chi connectivity index (χ2n) is 4.94. The van der Waals surface area contributed by atoms with E-state index in [1.165, 1.54) is 5.56 Å². The molecule has 5 nitrogen and oxygen atoms in total. The van der Waals surface area contributed by atoms with Crippen molar-refractivity contribution in [3.05, 3.63) is 45.4 Å². The number of piperazine rings is 1. The Morgan fingerprint density at radius 2 is 2.00 bits per heavy atom. The Labute approximate surface area is 132 Å². The van der Waals surface area contributed by atoms with E-state index in [9.17, 15) is 4.79 Å². The highest BCUT2D eigenvalue weighted by Crippen LogP contribution is 2.13. The Balaban J connectivity index is 1.55. The van der Waals surface area contributed by atoms with Gasteiger partial charge in [-0.25, -0.2) is 0 Å². The van der Waals surface area contributed by atoms with E-state index in [1.807, 2.05) is 4.90 Å². The Morgan fingerprint density at radius 1 is 1.19 bits per heavy atom. The third-order valence-electron chi connectivity index (χ3n) is 3.50. The van der Waals surface area contributed by atoms with Crippen molar-refractivity contribution >= 4 is 28.8 Å². The van der Waals surface area contributed by atoms with Crippen LogP contribution < -0.4 is 0 Å². The molecule has 0 saturated carbocycles. The zero-order valence-electron chi connectivity index (χ0n) is 11.4. The Morgan fingerprint density at radius 3 is 2.62 bits per heavy atom. The number of nitrogens with zero attached hydrogens (tertiary/aromatic N) is 4. The van der Waals surface area contributed by atoms with Crippen molar-refractivity contribution in [1.29, 1.82) is 0 Å². The number of aromatic nitrogens is 2. The Kier molecular flexibility index (Phi) is 4.48. The molecule has 3 heterocycles. The summed E-state index contributed by atoms with van der Waals surface area (Å²) in [6, 6.07) is 5.36. The van der Waals surface area contributed by atoms with Crippen LogP contribution in [0.1, 0.15) is 16.1 Å². The fourth-order valence-corrected chi connectivity index (χ4v) is 3.10. The van der Waals surface area contributed by atoms with Crippen molar-refractivity contribution < 1.29 is 4.79 Å². The van der Waals surface area contributed by atoms with Crippen molar-refractivity contribution in [2.24, 2.45) is 0 Å². The molecule has 0 unspecified atom stereocenters. The topological polar surface area (TPSA) is 49.3 Å². The highest BCUT2D eigenvalue weighted by Gasteiger charge is 2.23. The predicted molar refractivity (Wildman–Crippen MR) is 82.5 cm³/mol. The maximum absolute atomic E-state index is 12.3. The van der Waals surface area contributed by atoms with Crippen LogP contribution in [0.4, 0.5) is 0 Å². The average molecular weight is 323 g/mol. The molecule has 7 heteroatoms. The van der Waals surface area contributed by atoms with Crippen molar-refractivity contribution in [1.82, 2.24) is 20.0 Å². The van der Waals surface area contributed by atoms with E-state index in [0.29, 0.717) is 23.9 Å². The maximum atomic E-state index is 12.3. The van der Waals surface area contributed by atoms with E-state index in [4.69, 9.17) is 11.6 Å². The van der Waals surface area contributed by atoms with Crippen LogP contribution in [0.3, 0.4) is 0 Å². The molecule has 0 aromatic carbocycles. The van der Waals surface area contributed by atoms with Crippen molar-refractivity contribution in [3.8, 4) is 0 Å². The first-order valence-corrected chi connectivity index (χ1v) is 8.06. The summed E-state index contributed by atoms with van der Waals surface area (Å²) in [5, 5.41) is 12.1. The molecule has 1 amide bonds. The molecule has 1 fully saturated rings. The van der Waals surface area contributed by atoms with Crippen molar-refractivity contribution in [2.45, 2.75) is 6.54 Å². The van der Waals surface area contributed by atoms with Gasteiger partial charge in [0.2, 0.25) is 0 Å². The normalized spacial score (nSPS) is 16.1. The Hall–Kier alpha value is -1.50. The smallest absolute Gasteiger partial charge is 0.274 e. The van der Waals surface area contributed by atoms with Crippen LogP contribution in [0.2, 0.25) is 5.15 Å². The number of hydrogen-bond acceptors (Lipinski definition) is 5. The molecule has 3 rings (SSSR count). The van der Waals surface area contributed by atoms with Crippen LogP contribution in [0.5, 0.6) is 0 Å². The van der Waals surface area contributed by atoms with Gasteiger partial charge in [-0.05, 0) is 34.5 Å². The van der Waals surface area contributed by atoms with Crippen LogP contribution in [-0.4, -0.2) is 52.1 Å². The first-order valence-electron chi connectivity index (χ1n) is 6.74. The largest absolute Gasteiger partial charge is 0.335 e. The summed E-state index contributed by atoms with van der Waals surface area (Å²) >= 11 is 7.40. The van der Waals surface area contributed by atoms with Gasteiger partial charge < -0.3 is 4.90 Å². The van der Waals surface area contributed by atoms with Gasteiger partial charge in [0.05, 0.1) is 0 Å². The zero-order chi connectivity index (χ0) is 14.7. The summed E-state index contributed by atoms with van der Waals surface area (Å²) in [4.78, 5) is 16.5. The molecule has 1 aliphatic heterocycles. The van der Waals surface area contributed by atoms with Gasteiger partial charge in [0, 0.05) is 32.7 Å². The third kappa shape index (κ3) is 3.58. The standard InChI is InChI=1S/C14H15ClN4OS/c15-13-2-1-12(16-17-13)14(20)19-6-4-18(5-7-19)9-11-3-8-21-10-11/h1-3,8,10H,4-7,9H2. The summed E-state index contributed by atoms with van der Waals surface area (Å²) in [6.07, 6.45) is 0. The highest BCUT2D eigenvalue weighted by molar-refractivity contribution is 7.07. The number of halogens is 1. The molecule has 0 radical (unpaired) electrons. The van der Waals surface area contributed by atoms with Crippen molar-refractivity contribution in [3.63, 3.8) is 0 Å². The molecule has 0 spiro atoms. The van der Waals surface area contributed by atoms with Gasteiger partial charge in [-0.3, -0.25) is 9.69 Å². The van der Waals surface area contributed by atoms with Crippen LogP contribution >= 0.6 is 22.9 Å². The van der Waals surface area contributed by atoms with Gasteiger partial charge >= 0.3 is 0 Å². The lowest BCUT2D eigenvalue weighted by atomic mass is 10.2. The first-order chi connectivity index (χ1) is 10.2. The molecule has 1 saturated heterocycles. The lowest BCUT2D eigenvalue weighted by Crippen LogP contribution is -2.48. The van der Waals surface area contributed by atoms with E-state index in [1.54, 1.807) is 23.5 Å². The van der Waals surface area contributed by atoms with Crippen LogP contribution in [-0.2, 0) is 6.54 Å². The summed E-state index contributed by atoms with van der Waals surface area (Å²) in [6.45, 7) is 4.14. The minimum Gasteiger partial charge on any atom is -0.335 e. The zero-order valence-corrected chi connectivity index (χ0v) is 13.0. The summed E-state index contributed by atoms with van der Waals surface area (Å²) in [5.74, 6) is -0.0747. The first kappa shape index (κ1) is 14.4.